The standard InChI is InChI=1S/C19H20Cl2N4O3/c1-13(19(26)22-15-6-4-5-14(20)18(15)21)23-9-11-24(12-10-23)16-7-2-3-8-17(16)25(27)28/h2-8,13H,9-12H2,1H3,(H,22,26). The topological polar surface area (TPSA) is 78.7 Å². The fourth-order valence-corrected chi connectivity index (χ4v) is 3.59. The van der Waals surface area contributed by atoms with Crippen molar-refractivity contribution in [3.63, 3.8) is 0 Å². The summed E-state index contributed by atoms with van der Waals surface area (Å²) in [5, 5.41) is 14.8. The Labute approximate surface area is 173 Å². The molecule has 1 aliphatic heterocycles. The van der Waals surface area contributed by atoms with Gasteiger partial charge in [-0.05, 0) is 25.1 Å². The van der Waals surface area contributed by atoms with Crippen LogP contribution in [0.15, 0.2) is 42.5 Å². The van der Waals surface area contributed by atoms with Crippen LogP contribution in [-0.4, -0.2) is 48.0 Å². The molecule has 1 N–H and O–H groups in total. The summed E-state index contributed by atoms with van der Waals surface area (Å²) in [5.41, 5.74) is 1.18. The van der Waals surface area contributed by atoms with E-state index in [1.807, 2.05) is 16.7 Å². The maximum Gasteiger partial charge on any atom is 0.292 e. The van der Waals surface area contributed by atoms with Crippen molar-refractivity contribution < 1.29 is 9.72 Å². The van der Waals surface area contributed by atoms with E-state index >= 15 is 0 Å². The van der Waals surface area contributed by atoms with Gasteiger partial charge >= 0.3 is 0 Å². The van der Waals surface area contributed by atoms with E-state index in [2.05, 4.69) is 5.32 Å². The van der Waals surface area contributed by atoms with E-state index < -0.39 is 0 Å². The summed E-state index contributed by atoms with van der Waals surface area (Å²) >= 11 is 12.1. The first-order valence-corrected chi connectivity index (χ1v) is 9.61. The largest absolute Gasteiger partial charge is 0.363 e. The van der Waals surface area contributed by atoms with Crippen molar-refractivity contribution >= 4 is 46.2 Å². The van der Waals surface area contributed by atoms with Gasteiger partial charge < -0.3 is 10.2 Å². The van der Waals surface area contributed by atoms with Crippen LogP contribution in [0.2, 0.25) is 10.0 Å². The predicted octanol–water partition coefficient (Wildman–Crippen LogP) is 4.05. The van der Waals surface area contributed by atoms with Crippen LogP contribution in [0.5, 0.6) is 0 Å². The summed E-state index contributed by atoms with van der Waals surface area (Å²) in [6.45, 7) is 4.25. The van der Waals surface area contributed by atoms with Gasteiger partial charge in [0.2, 0.25) is 5.91 Å². The Morgan fingerprint density at radius 2 is 1.79 bits per heavy atom. The molecule has 1 fully saturated rings. The number of benzene rings is 2. The molecule has 1 amide bonds. The summed E-state index contributed by atoms with van der Waals surface area (Å²) in [5.74, 6) is -0.177. The van der Waals surface area contributed by atoms with Gasteiger partial charge in [-0.1, -0.05) is 41.4 Å². The monoisotopic (exact) mass is 422 g/mol. The average Bonchev–Trinajstić information content (AvgIpc) is 2.71. The number of nitrogens with zero attached hydrogens (tertiary/aromatic N) is 3. The zero-order valence-corrected chi connectivity index (χ0v) is 16.8. The summed E-state index contributed by atoms with van der Waals surface area (Å²) in [6.07, 6.45) is 0. The first-order chi connectivity index (χ1) is 13.4. The molecular weight excluding hydrogens is 403 g/mol. The molecule has 1 heterocycles. The second-order valence-electron chi connectivity index (χ2n) is 6.54. The van der Waals surface area contributed by atoms with Crippen LogP contribution in [0.1, 0.15) is 6.92 Å². The van der Waals surface area contributed by atoms with Gasteiger partial charge in [0.25, 0.3) is 5.69 Å². The van der Waals surface area contributed by atoms with Crippen molar-refractivity contribution in [2.24, 2.45) is 0 Å². The maximum atomic E-state index is 12.6. The van der Waals surface area contributed by atoms with E-state index in [1.54, 1.807) is 36.4 Å². The number of halogens is 2. The van der Waals surface area contributed by atoms with Crippen LogP contribution in [0.25, 0.3) is 0 Å². The Morgan fingerprint density at radius 3 is 2.46 bits per heavy atom. The van der Waals surface area contributed by atoms with Crippen molar-refractivity contribution in [3.05, 3.63) is 62.6 Å². The number of nitrogens with one attached hydrogen (secondary N) is 1. The molecule has 0 spiro atoms. The Bertz CT molecular complexity index is 885. The summed E-state index contributed by atoms with van der Waals surface area (Å²) in [4.78, 5) is 27.5. The molecule has 0 bridgehead atoms. The molecular formula is C19H20Cl2N4O3. The molecule has 1 saturated heterocycles. The van der Waals surface area contributed by atoms with Crippen LogP contribution in [0.3, 0.4) is 0 Å². The molecule has 1 atom stereocenters. The zero-order valence-electron chi connectivity index (χ0n) is 15.3. The Kier molecular flexibility index (Phi) is 6.39. The van der Waals surface area contributed by atoms with E-state index in [4.69, 9.17) is 23.2 Å². The number of nitro groups is 1. The van der Waals surface area contributed by atoms with E-state index in [0.717, 1.165) is 0 Å². The summed E-state index contributed by atoms with van der Waals surface area (Å²) in [7, 11) is 0. The number of anilines is 2. The third-order valence-corrected chi connectivity index (χ3v) is 5.69. The van der Waals surface area contributed by atoms with Crippen LogP contribution in [0, 0.1) is 10.1 Å². The molecule has 3 rings (SSSR count). The van der Waals surface area contributed by atoms with Crippen molar-refractivity contribution in [1.82, 2.24) is 4.90 Å². The van der Waals surface area contributed by atoms with E-state index in [1.165, 1.54) is 6.07 Å². The van der Waals surface area contributed by atoms with Gasteiger partial charge in [0.05, 0.1) is 26.7 Å². The molecule has 0 radical (unpaired) electrons. The average molecular weight is 423 g/mol. The summed E-state index contributed by atoms with van der Waals surface area (Å²) in [6, 6.07) is 11.4. The first kappa shape index (κ1) is 20.4. The van der Waals surface area contributed by atoms with Crippen molar-refractivity contribution in [3.8, 4) is 0 Å². The van der Waals surface area contributed by atoms with Crippen molar-refractivity contribution in [2.45, 2.75) is 13.0 Å². The number of carbonyl (C=O) groups is 1. The number of hydrogen-bond donors (Lipinski definition) is 1. The fraction of sp³-hybridized carbons (Fsp3) is 0.316. The number of hydrogen-bond acceptors (Lipinski definition) is 5. The van der Waals surface area contributed by atoms with Gasteiger partial charge in [-0.25, -0.2) is 0 Å². The Balaban J connectivity index is 1.62. The lowest BCUT2D eigenvalue weighted by molar-refractivity contribution is -0.384. The zero-order chi connectivity index (χ0) is 20.3. The van der Waals surface area contributed by atoms with Gasteiger partial charge in [0.1, 0.15) is 5.69 Å². The SMILES string of the molecule is CC(C(=O)Nc1cccc(Cl)c1Cl)N1CCN(c2ccccc2[N+](=O)[O-])CC1. The number of rotatable bonds is 5. The number of carbonyl (C=O) groups excluding carboxylic acids is 1. The highest BCUT2D eigenvalue weighted by Gasteiger charge is 2.28. The van der Waals surface area contributed by atoms with Crippen LogP contribution < -0.4 is 10.2 Å². The maximum absolute atomic E-state index is 12.6. The minimum absolute atomic E-state index is 0.0948. The second kappa shape index (κ2) is 8.77. The molecule has 1 unspecified atom stereocenters. The van der Waals surface area contributed by atoms with Crippen LogP contribution in [-0.2, 0) is 4.79 Å². The molecule has 0 saturated carbocycles. The Hall–Kier alpha value is -2.35. The molecule has 1 aliphatic rings. The van der Waals surface area contributed by atoms with E-state index in [-0.39, 0.29) is 22.6 Å². The second-order valence-corrected chi connectivity index (χ2v) is 7.32. The number of para-hydroxylation sites is 2. The third kappa shape index (κ3) is 4.38. The Morgan fingerprint density at radius 1 is 1.11 bits per heavy atom. The van der Waals surface area contributed by atoms with Crippen molar-refractivity contribution in [1.29, 1.82) is 0 Å². The number of amides is 1. The highest BCUT2D eigenvalue weighted by atomic mass is 35.5. The van der Waals surface area contributed by atoms with Gasteiger partial charge in [-0.15, -0.1) is 0 Å². The van der Waals surface area contributed by atoms with Gasteiger partial charge in [-0.3, -0.25) is 19.8 Å². The molecule has 9 heteroatoms. The van der Waals surface area contributed by atoms with Gasteiger partial charge in [0.15, 0.2) is 0 Å². The third-order valence-electron chi connectivity index (χ3n) is 4.87. The summed E-state index contributed by atoms with van der Waals surface area (Å²) < 4.78 is 0. The van der Waals surface area contributed by atoms with Gasteiger partial charge in [0, 0.05) is 32.2 Å². The minimum Gasteiger partial charge on any atom is -0.363 e. The quantitative estimate of drug-likeness (QED) is 0.580. The highest BCUT2D eigenvalue weighted by molar-refractivity contribution is 6.44. The highest BCUT2D eigenvalue weighted by Crippen LogP contribution is 2.30. The van der Waals surface area contributed by atoms with Gasteiger partial charge in [-0.2, -0.15) is 0 Å². The number of piperazine rings is 1. The smallest absolute Gasteiger partial charge is 0.292 e. The van der Waals surface area contributed by atoms with Crippen LogP contribution >= 0.6 is 23.2 Å². The van der Waals surface area contributed by atoms with E-state index in [0.29, 0.717) is 47.6 Å². The minimum atomic E-state index is -0.372. The van der Waals surface area contributed by atoms with E-state index in [9.17, 15) is 14.9 Å². The normalized spacial score (nSPS) is 15.9. The molecule has 28 heavy (non-hydrogen) atoms. The molecule has 2 aromatic rings. The lowest BCUT2D eigenvalue weighted by Gasteiger charge is -2.38. The predicted molar refractivity (Wildman–Crippen MR) is 111 cm³/mol. The fourth-order valence-electron chi connectivity index (χ4n) is 3.24. The molecule has 7 nitrogen and oxygen atoms in total. The number of nitro benzene ring substituents is 1. The molecule has 148 valence electrons. The first-order valence-electron chi connectivity index (χ1n) is 8.85. The lowest BCUT2D eigenvalue weighted by Crippen LogP contribution is -2.53. The van der Waals surface area contributed by atoms with Crippen LogP contribution in [0.4, 0.5) is 17.1 Å². The molecule has 2 aromatic carbocycles. The molecule has 0 aromatic heterocycles. The molecule has 0 aliphatic carbocycles. The lowest BCUT2D eigenvalue weighted by atomic mass is 10.1. The van der Waals surface area contributed by atoms with Crippen molar-refractivity contribution in [2.75, 3.05) is 36.4 Å².